The van der Waals surface area contributed by atoms with Crippen molar-refractivity contribution < 1.29 is 26.7 Å². The molecule has 0 unspecified atom stereocenters. The maximum atomic E-state index is 14.9. The molecule has 3 heterocycles. The van der Waals surface area contributed by atoms with Crippen LogP contribution in [0, 0.1) is 0 Å². The molecule has 0 saturated carbocycles. The number of hydrogen-bond acceptors (Lipinski definition) is 6. The summed E-state index contributed by atoms with van der Waals surface area (Å²) in [7, 11) is 1.48. The zero-order chi connectivity index (χ0) is 29.5. The third kappa shape index (κ3) is 5.60. The summed E-state index contributed by atoms with van der Waals surface area (Å²) in [6, 6.07) is 23.7. The molecule has 0 bridgehead atoms. The summed E-state index contributed by atoms with van der Waals surface area (Å²) in [6.45, 7) is 0.815. The molecule has 2 aliphatic heterocycles. The molecule has 0 amide bonds. The van der Waals surface area contributed by atoms with Crippen LogP contribution in [-0.4, -0.2) is 74.8 Å². The Kier molecular flexibility index (Phi) is 7.44. The molecule has 3 aromatic carbocycles. The highest BCUT2D eigenvalue weighted by atomic mass is 19.4. The first-order valence-corrected chi connectivity index (χ1v) is 13.6. The summed E-state index contributed by atoms with van der Waals surface area (Å²) in [5, 5.41) is 9.91. The third-order valence-corrected chi connectivity index (χ3v) is 8.09. The Bertz CT molecular complexity index is 1470. The summed E-state index contributed by atoms with van der Waals surface area (Å²) in [5.74, 6) is -3.76. The fourth-order valence-electron chi connectivity index (χ4n) is 6.40. The summed E-state index contributed by atoms with van der Waals surface area (Å²) >= 11 is 0. The van der Waals surface area contributed by atoms with Crippen LogP contribution < -0.4 is 4.74 Å². The van der Waals surface area contributed by atoms with Crippen LogP contribution in [0.3, 0.4) is 0 Å². The van der Waals surface area contributed by atoms with Crippen LogP contribution in [0.25, 0.3) is 5.69 Å². The predicted octanol–water partition coefficient (Wildman–Crippen LogP) is 5.42. The molecule has 42 heavy (non-hydrogen) atoms. The molecule has 1 aromatic heterocycles. The molecule has 4 aromatic rings. The first-order chi connectivity index (χ1) is 20.1. The zero-order valence-corrected chi connectivity index (χ0v) is 22.8. The Morgan fingerprint density at radius 1 is 0.952 bits per heavy atom. The van der Waals surface area contributed by atoms with E-state index in [1.165, 1.54) is 13.2 Å². The summed E-state index contributed by atoms with van der Waals surface area (Å²) in [4.78, 5) is 4.05. The topological polar surface area (TPSA) is 59.3 Å². The van der Waals surface area contributed by atoms with Crippen molar-refractivity contribution in [2.75, 3.05) is 26.7 Å². The number of aromatic nitrogens is 4. The van der Waals surface area contributed by atoms with Crippen LogP contribution in [0.1, 0.15) is 34.9 Å². The molecule has 2 saturated heterocycles. The number of alkyl halides is 5. The average molecular weight is 585 g/mol. The maximum absolute atomic E-state index is 14.9. The Morgan fingerprint density at radius 3 is 2.24 bits per heavy atom. The summed E-state index contributed by atoms with van der Waals surface area (Å²) in [5.41, 5.74) is 2.79. The number of piperazine rings is 1. The molecule has 6 rings (SSSR count). The highest BCUT2D eigenvalue weighted by Crippen LogP contribution is 2.42. The Labute approximate surface area is 239 Å². The van der Waals surface area contributed by atoms with E-state index in [0.717, 1.165) is 11.1 Å². The Hall–Kier alpha value is -3.90. The van der Waals surface area contributed by atoms with Crippen molar-refractivity contribution in [3.05, 3.63) is 101 Å². The molecule has 2 atom stereocenters. The van der Waals surface area contributed by atoms with E-state index >= 15 is 0 Å². The van der Waals surface area contributed by atoms with Crippen molar-refractivity contribution in [1.29, 1.82) is 0 Å². The van der Waals surface area contributed by atoms with Gasteiger partial charge in [-0.15, -0.1) is 5.10 Å². The van der Waals surface area contributed by atoms with Crippen molar-refractivity contribution in [2.24, 2.45) is 0 Å². The van der Waals surface area contributed by atoms with E-state index in [2.05, 4.69) is 20.4 Å². The summed E-state index contributed by atoms with van der Waals surface area (Å²) in [6.07, 6.45) is -5.00. The van der Waals surface area contributed by atoms with Gasteiger partial charge in [-0.05, 0) is 39.8 Å². The van der Waals surface area contributed by atoms with Crippen LogP contribution in [0.2, 0.25) is 0 Å². The first-order valence-electron chi connectivity index (χ1n) is 13.6. The van der Waals surface area contributed by atoms with E-state index < -0.39 is 17.9 Å². The number of halogens is 5. The van der Waals surface area contributed by atoms with E-state index in [1.807, 2.05) is 65.6 Å². The molecule has 0 radical (unpaired) electrons. The number of methoxy groups -OCH3 is 1. The number of benzene rings is 3. The SMILES string of the molecule is COc1ccc(-n2nnnc2C(F)(F)F)cc1CN1C[C@@H]2CC(F)(F)CN2[C@H](C(c2ccccc2)c2ccccc2)C1. The van der Waals surface area contributed by atoms with Crippen molar-refractivity contribution in [1.82, 2.24) is 30.0 Å². The highest BCUT2D eigenvalue weighted by molar-refractivity contribution is 5.44. The minimum Gasteiger partial charge on any atom is -0.496 e. The molecule has 12 heteroatoms. The van der Waals surface area contributed by atoms with Gasteiger partial charge in [-0.25, -0.2) is 8.78 Å². The Morgan fingerprint density at radius 2 is 1.62 bits per heavy atom. The number of hydrogen-bond donors (Lipinski definition) is 0. The third-order valence-electron chi connectivity index (χ3n) is 8.09. The number of rotatable bonds is 7. The monoisotopic (exact) mass is 584 g/mol. The standard InChI is InChI=1S/C30H29F5N6O/c1-42-26-13-12-23(41-28(30(33,34)35)36-37-38-41)14-22(26)16-39-17-24-15-29(31,32)19-40(24)25(18-39)27(20-8-4-2-5-9-20)21-10-6-3-7-11-21/h2-14,24-25,27H,15-19H2,1H3/t24-,25-/m0/s1. The average Bonchev–Trinajstić information content (AvgIpc) is 3.58. The van der Waals surface area contributed by atoms with E-state index in [0.29, 0.717) is 29.1 Å². The quantitative estimate of drug-likeness (QED) is 0.271. The molecular weight excluding hydrogens is 555 g/mol. The molecular formula is C30H29F5N6O. The molecule has 2 fully saturated rings. The smallest absolute Gasteiger partial charge is 0.453 e. The molecule has 0 aliphatic carbocycles. The lowest BCUT2D eigenvalue weighted by atomic mass is 9.82. The van der Waals surface area contributed by atoms with Gasteiger partial charge in [0.1, 0.15) is 5.75 Å². The molecule has 0 spiro atoms. The second kappa shape index (κ2) is 11.1. The number of fused-ring (bicyclic) bond motifs is 1. The van der Waals surface area contributed by atoms with Gasteiger partial charge < -0.3 is 4.74 Å². The summed E-state index contributed by atoms with van der Waals surface area (Å²) < 4.78 is 76.5. The predicted molar refractivity (Wildman–Crippen MR) is 145 cm³/mol. The second-order valence-electron chi connectivity index (χ2n) is 10.9. The first kappa shape index (κ1) is 28.2. The van der Waals surface area contributed by atoms with Gasteiger partial charge in [0.2, 0.25) is 0 Å². The fourth-order valence-corrected chi connectivity index (χ4v) is 6.40. The largest absolute Gasteiger partial charge is 0.496 e. The van der Waals surface area contributed by atoms with Gasteiger partial charge in [0, 0.05) is 49.6 Å². The fraction of sp³-hybridized carbons (Fsp3) is 0.367. The Balaban J connectivity index is 1.37. The van der Waals surface area contributed by atoms with E-state index in [9.17, 15) is 22.0 Å². The molecule has 0 N–H and O–H groups in total. The minimum absolute atomic E-state index is 0.122. The van der Waals surface area contributed by atoms with Gasteiger partial charge in [-0.1, -0.05) is 60.7 Å². The number of nitrogens with zero attached hydrogens (tertiary/aromatic N) is 6. The van der Waals surface area contributed by atoms with Crippen LogP contribution in [-0.2, 0) is 12.7 Å². The van der Waals surface area contributed by atoms with Crippen LogP contribution in [0.4, 0.5) is 22.0 Å². The van der Waals surface area contributed by atoms with E-state index in [4.69, 9.17) is 4.74 Å². The molecule has 7 nitrogen and oxygen atoms in total. The molecule has 2 aliphatic rings. The van der Waals surface area contributed by atoms with Gasteiger partial charge in [-0.3, -0.25) is 9.80 Å². The van der Waals surface area contributed by atoms with Gasteiger partial charge in [0.25, 0.3) is 11.7 Å². The van der Waals surface area contributed by atoms with Crippen molar-refractivity contribution in [3.8, 4) is 11.4 Å². The van der Waals surface area contributed by atoms with Gasteiger partial charge in [0.15, 0.2) is 0 Å². The van der Waals surface area contributed by atoms with Crippen molar-refractivity contribution in [3.63, 3.8) is 0 Å². The number of ether oxygens (including phenoxy) is 1. The van der Waals surface area contributed by atoms with E-state index in [1.54, 1.807) is 12.1 Å². The van der Waals surface area contributed by atoms with Crippen LogP contribution >= 0.6 is 0 Å². The zero-order valence-electron chi connectivity index (χ0n) is 22.8. The van der Waals surface area contributed by atoms with Gasteiger partial charge >= 0.3 is 6.18 Å². The number of tetrazole rings is 1. The lowest BCUT2D eigenvalue weighted by molar-refractivity contribution is -0.146. The van der Waals surface area contributed by atoms with Crippen molar-refractivity contribution >= 4 is 0 Å². The molecule has 220 valence electrons. The second-order valence-corrected chi connectivity index (χ2v) is 10.9. The van der Waals surface area contributed by atoms with Gasteiger partial charge in [-0.2, -0.15) is 17.9 Å². The van der Waals surface area contributed by atoms with Crippen LogP contribution in [0.5, 0.6) is 5.75 Å². The lowest BCUT2D eigenvalue weighted by Gasteiger charge is -2.47. The normalized spacial score (nSPS) is 21.0. The van der Waals surface area contributed by atoms with E-state index in [-0.39, 0.29) is 43.2 Å². The maximum Gasteiger partial charge on any atom is 0.453 e. The van der Waals surface area contributed by atoms with Crippen LogP contribution in [0.15, 0.2) is 78.9 Å². The van der Waals surface area contributed by atoms with Crippen molar-refractivity contribution in [2.45, 2.75) is 43.1 Å². The lowest BCUT2D eigenvalue weighted by Crippen LogP contribution is -2.58. The highest BCUT2D eigenvalue weighted by Gasteiger charge is 2.52. The minimum atomic E-state index is -4.75. The van der Waals surface area contributed by atoms with Gasteiger partial charge in [0.05, 0.1) is 19.3 Å².